The van der Waals surface area contributed by atoms with Gasteiger partial charge in [-0.05, 0) is 53.8 Å². The van der Waals surface area contributed by atoms with Gasteiger partial charge in [-0.3, -0.25) is 0 Å². The van der Waals surface area contributed by atoms with Gasteiger partial charge in [0.15, 0.2) is 0 Å². The van der Waals surface area contributed by atoms with E-state index in [9.17, 15) is 17.6 Å². The van der Waals surface area contributed by atoms with Crippen LogP contribution in [0.25, 0.3) is 10.4 Å². The van der Waals surface area contributed by atoms with Gasteiger partial charge in [0.25, 0.3) is 0 Å². The normalized spacial score (nSPS) is 12.6. The molecule has 0 N–H and O–H groups in total. The third kappa shape index (κ3) is 5.85. The fourth-order valence-corrected chi connectivity index (χ4v) is 3.79. The number of hydrogen-bond acceptors (Lipinski definition) is 2. The molecule has 0 amide bonds. The van der Waals surface area contributed by atoms with E-state index in [4.69, 9.17) is 5.53 Å². The minimum atomic E-state index is -4.60. The Labute approximate surface area is 169 Å². The molecule has 144 valence electrons. The van der Waals surface area contributed by atoms with Crippen LogP contribution in [0.2, 0.25) is 0 Å². The molecule has 27 heavy (non-hydrogen) atoms. The number of azide groups is 1. The summed E-state index contributed by atoms with van der Waals surface area (Å²) in [5.74, 6) is -0.432. The van der Waals surface area contributed by atoms with E-state index in [1.54, 1.807) is 6.07 Å². The predicted molar refractivity (Wildman–Crippen MR) is 100 cm³/mol. The number of rotatable bonds is 8. The van der Waals surface area contributed by atoms with Gasteiger partial charge in [0.05, 0.1) is 6.04 Å². The Kier molecular flexibility index (Phi) is 7.52. The van der Waals surface area contributed by atoms with E-state index < -0.39 is 24.3 Å². The highest BCUT2D eigenvalue weighted by Gasteiger charge is 2.44. The Balaban J connectivity index is 2.21. The molecule has 0 spiro atoms. The maximum absolute atomic E-state index is 13.1. The molecule has 0 unspecified atom stereocenters. The standard InChI is InChI=1S/C17H13Br2F4N3O/c18-13-5-2-6-14(19)12(13)7-8-15(25-26-24)10-3-1-4-11(9-10)27-17(22,23)16(20)21/h1-6,9,15-16H,7-8H2/t15-/m1/s1. The zero-order valence-electron chi connectivity index (χ0n) is 13.6. The Hall–Kier alpha value is -1.77. The maximum atomic E-state index is 13.1. The van der Waals surface area contributed by atoms with Crippen LogP contribution in [0.15, 0.2) is 56.5 Å². The fourth-order valence-electron chi connectivity index (χ4n) is 2.39. The van der Waals surface area contributed by atoms with Crippen LogP contribution in [0, 0.1) is 0 Å². The molecule has 4 nitrogen and oxygen atoms in total. The average molecular weight is 511 g/mol. The van der Waals surface area contributed by atoms with Crippen LogP contribution in [0.1, 0.15) is 23.6 Å². The second-order valence-corrected chi connectivity index (χ2v) is 7.21. The molecule has 1 atom stereocenters. The molecule has 0 aromatic heterocycles. The highest BCUT2D eigenvalue weighted by Crippen LogP contribution is 2.33. The maximum Gasteiger partial charge on any atom is 0.461 e. The molecule has 2 aromatic carbocycles. The highest BCUT2D eigenvalue weighted by atomic mass is 79.9. The lowest BCUT2D eigenvalue weighted by Gasteiger charge is -2.18. The van der Waals surface area contributed by atoms with E-state index in [-0.39, 0.29) is 0 Å². The summed E-state index contributed by atoms with van der Waals surface area (Å²) in [5, 5.41) is 3.70. The van der Waals surface area contributed by atoms with E-state index in [0.29, 0.717) is 18.4 Å². The van der Waals surface area contributed by atoms with Crippen molar-refractivity contribution in [2.45, 2.75) is 31.4 Å². The molecule has 0 radical (unpaired) electrons. The molecule has 0 bridgehead atoms. The van der Waals surface area contributed by atoms with Crippen molar-refractivity contribution in [1.29, 1.82) is 0 Å². The van der Waals surface area contributed by atoms with Crippen LogP contribution in [0.4, 0.5) is 17.6 Å². The smallest absolute Gasteiger partial charge is 0.428 e. The second kappa shape index (κ2) is 9.43. The summed E-state index contributed by atoms with van der Waals surface area (Å²) in [7, 11) is 0. The van der Waals surface area contributed by atoms with Crippen molar-refractivity contribution >= 4 is 31.9 Å². The molecule has 0 aliphatic rings. The van der Waals surface area contributed by atoms with E-state index >= 15 is 0 Å². The van der Waals surface area contributed by atoms with Crippen molar-refractivity contribution < 1.29 is 22.3 Å². The van der Waals surface area contributed by atoms with Crippen LogP contribution in [0.5, 0.6) is 5.75 Å². The summed E-state index contributed by atoms with van der Waals surface area (Å²) in [4.78, 5) is 2.79. The summed E-state index contributed by atoms with van der Waals surface area (Å²) in [6.07, 6.45) is -7.67. The first-order valence-electron chi connectivity index (χ1n) is 7.66. The Bertz CT molecular complexity index is 824. The summed E-state index contributed by atoms with van der Waals surface area (Å²) in [6.45, 7) is 0. The summed E-state index contributed by atoms with van der Waals surface area (Å²) < 4.78 is 56.7. The molecule has 10 heteroatoms. The average Bonchev–Trinajstić information content (AvgIpc) is 2.60. The zero-order valence-corrected chi connectivity index (χ0v) is 16.8. The Morgan fingerprint density at radius 2 is 1.74 bits per heavy atom. The van der Waals surface area contributed by atoms with Gasteiger partial charge in [0.2, 0.25) is 0 Å². The number of ether oxygens (including phenoxy) is 1. The van der Waals surface area contributed by atoms with Gasteiger partial charge in [0, 0.05) is 13.9 Å². The third-order valence-electron chi connectivity index (χ3n) is 3.67. The third-order valence-corrected chi connectivity index (χ3v) is 5.16. The first-order valence-corrected chi connectivity index (χ1v) is 9.25. The zero-order chi connectivity index (χ0) is 20.0. The van der Waals surface area contributed by atoms with Crippen molar-refractivity contribution in [3.63, 3.8) is 0 Å². The van der Waals surface area contributed by atoms with Gasteiger partial charge in [0.1, 0.15) is 5.75 Å². The van der Waals surface area contributed by atoms with Crippen LogP contribution < -0.4 is 4.74 Å². The molecular formula is C17H13Br2F4N3O. The van der Waals surface area contributed by atoms with Gasteiger partial charge < -0.3 is 4.74 Å². The molecule has 0 aliphatic carbocycles. The number of halogens is 6. The van der Waals surface area contributed by atoms with Crippen molar-refractivity contribution in [2.75, 3.05) is 0 Å². The SMILES string of the molecule is [N-]=[N+]=N[C@H](CCc1c(Br)cccc1Br)c1cccc(OC(F)(F)C(F)F)c1. The molecular weight excluding hydrogens is 498 g/mol. The van der Waals surface area contributed by atoms with Crippen LogP contribution >= 0.6 is 31.9 Å². The number of alkyl halides is 4. The van der Waals surface area contributed by atoms with E-state index in [2.05, 4.69) is 46.6 Å². The van der Waals surface area contributed by atoms with Gasteiger partial charge in [-0.25, -0.2) is 0 Å². The molecule has 0 saturated carbocycles. The molecule has 0 saturated heterocycles. The summed E-state index contributed by atoms with van der Waals surface area (Å²) >= 11 is 6.89. The molecule has 0 fully saturated rings. The first-order chi connectivity index (χ1) is 12.7. The lowest BCUT2D eigenvalue weighted by atomic mass is 9.99. The van der Waals surface area contributed by atoms with Crippen molar-refractivity contribution in [3.8, 4) is 5.75 Å². The van der Waals surface area contributed by atoms with Gasteiger partial charge in [-0.15, -0.1) is 0 Å². The molecule has 2 aromatic rings. The number of nitrogens with zero attached hydrogens (tertiary/aromatic N) is 3. The largest absolute Gasteiger partial charge is 0.461 e. The van der Waals surface area contributed by atoms with E-state index in [1.807, 2.05) is 18.2 Å². The molecule has 0 aliphatic heterocycles. The highest BCUT2D eigenvalue weighted by molar-refractivity contribution is 9.11. The van der Waals surface area contributed by atoms with Crippen molar-refractivity contribution in [1.82, 2.24) is 0 Å². The quantitative estimate of drug-likeness (QED) is 0.157. The van der Waals surface area contributed by atoms with Crippen LogP contribution in [-0.2, 0) is 6.42 Å². The Morgan fingerprint density at radius 3 is 2.33 bits per heavy atom. The van der Waals surface area contributed by atoms with Gasteiger partial charge in [-0.1, -0.05) is 55.2 Å². The van der Waals surface area contributed by atoms with E-state index in [0.717, 1.165) is 20.6 Å². The minimum absolute atomic E-state index is 0.375. The van der Waals surface area contributed by atoms with Crippen LogP contribution in [-0.4, -0.2) is 12.5 Å². The number of hydrogen-bond donors (Lipinski definition) is 0. The van der Waals surface area contributed by atoms with Crippen LogP contribution in [0.3, 0.4) is 0 Å². The summed E-state index contributed by atoms with van der Waals surface area (Å²) in [6, 6.07) is 10.1. The topological polar surface area (TPSA) is 58.0 Å². The molecule has 0 heterocycles. The lowest BCUT2D eigenvalue weighted by Crippen LogP contribution is -2.33. The van der Waals surface area contributed by atoms with Gasteiger partial charge in [-0.2, -0.15) is 17.6 Å². The minimum Gasteiger partial charge on any atom is -0.428 e. The second-order valence-electron chi connectivity index (χ2n) is 5.50. The monoisotopic (exact) mass is 509 g/mol. The summed E-state index contributed by atoms with van der Waals surface area (Å²) in [5.41, 5.74) is 10.2. The van der Waals surface area contributed by atoms with Crippen molar-refractivity contribution in [2.24, 2.45) is 5.11 Å². The van der Waals surface area contributed by atoms with E-state index in [1.165, 1.54) is 12.1 Å². The number of benzene rings is 2. The first kappa shape index (κ1) is 21.5. The molecule has 2 rings (SSSR count). The van der Waals surface area contributed by atoms with Gasteiger partial charge >= 0.3 is 12.5 Å². The predicted octanol–water partition coefficient (Wildman–Crippen LogP) is 7.43. The van der Waals surface area contributed by atoms with Crippen molar-refractivity contribution in [3.05, 3.63) is 73.0 Å². The fraction of sp³-hybridized carbons (Fsp3) is 0.294. The lowest BCUT2D eigenvalue weighted by molar-refractivity contribution is -0.253. The Morgan fingerprint density at radius 1 is 1.11 bits per heavy atom.